The normalized spacial score (nSPS) is 15.3. The molecule has 3 nitrogen and oxygen atoms in total. The molecule has 1 rings (SSSR count). The molecule has 1 aromatic rings. The van der Waals surface area contributed by atoms with Gasteiger partial charge in [0.05, 0.1) is 0 Å². The van der Waals surface area contributed by atoms with Crippen LogP contribution in [0.3, 0.4) is 0 Å². The van der Waals surface area contributed by atoms with Gasteiger partial charge in [0.15, 0.2) is 0 Å². The van der Waals surface area contributed by atoms with Crippen LogP contribution in [0.15, 0.2) is 18.3 Å². The summed E-state index contributed by atoms with van der Waals surface area (Å²) in [6.45, 7) is 4.24. The first-order valence-electron chi connectivity index (χ1n) is 4.62. The molecule has 2 atom stereocenters. The SMILES string of the molecule is CCC(C)C(N)c1cccnc1N. The summed E-state index contributed by atoms with van der Waals surface area (Å²) in [6, 6.07) is 3.81. The summed E-state index contributed by atoms with van der Waals surface area (Å²) in [7, 11) is 0. The molecule has 0 aliphatic carbocycles. The molecular weight excluding hydrogens is 162 g/mol. The van der Waals surface area contributed by atoms with Crippen molar-refractivity contribution in [1.82, 2.24) is 4.98 Å². The Bertz CT molecular complexity index is 273. The summed E-state index contributed by atoms with van der Waals surface area (Å²) in [5.74, 6) is 0.988. The monoisotopic (exact) mass is 179 g/mol. The third-order valence-electron chi connectivity index (χ3n) is 2.49. The van der Waals surface area contributed by atoms with Gasteiger partial charge in [0, 0.05) is 17.8 Å². The van der Waals surface area contributed by atoms with Crippen molar-refractivity contribution in [3.05, 3.63) is 23.9 Å². The summed E-state index contributed by atoms with van der Waals surface area (Å²) < 4.78 is 0. The molecule has 0 aliphatic rings. The Kier molecular flexibility index (Phi) is 3.25. The Balaban J connectivity index is 2.88. The molecular formula is C10H17N3. The second kappa shape index (κ2) is 4.23. The van der Waals surface area contributed by atoms with Crippen molar-refractivity contribution in [2.24, 2.45) is 11.7 Å². The van der Waals surface area contributed by atoms with Gasteiger partial charge >= 0.3 is 0 Å². The van der Waals surface area contributed by atoms with Crippen molar-refractivity contribution in [1.29, 1.82) is 0 Å². The minimum absolute atomic E-state index is 0.00120. The van der Waals surface area contributed by atoms with Crippen molar-refractivity contribution < 1.29 is 0 Å². The molecule has 1 aromatic heterocycles. The predicted molar refractivity (Wildman–Crippen MR) is 55.0 cm³/mol. The maximum atomic E-state index is 6.03. The van der Waals surface area contributed by atoms with Gasteiger partial charge < -0.3 is 11.5 Å². The van der Waals surface area contributed by atoms with Crippen LogP contribution >= 0.6 is 0 Å². The third-order valence-corrected chi connectivity index (χ3v) is 2.49. The minimum Gasteiger partial charge on any atom is -0.383 e. The van der Waals surface area contributed by atoms with Crippen LogP contribution in [-0.2, 0) is 0 Å². The van der Waals surface area contributed by atoms with Crippen LogP contribution in [0.5, 0.6) is 0 Å². The standard InChI is InChI=1S/C10H17N3/c1-3-7(2)9(11)8-5-4-6-13-10(8)12/h4-7,9H,3,11H2,1-2H3,(H2,12,13). The number of nitrogen functional groups attached to an aromatic ring is 1. The van der Waals surface area contributed by atoms with E-state index in [9.17, 15) is 0 Å². The van der Waals surface area contributed by atoms with Crippen LogP contribution in [-0.4, -0.2) is 4.98 Å². The van der Waals surface area contributed by atoms with Crippen molar-refractivity contribution in [2.75, 3.05) is 5.73 Å². The van der Waals surface area contributed by atoms with E-state index in [1.165, 1.54) is 0 Å². The molecule has 0 saturated carbocycles. The zero-order valence-corrected chi connectivity index (χ0v) is 8.20. The van der Waals surface area contributed by atoms with E-state index in [2.05, 4.69) is 18.8 Å². The maximum Gasteiger partial charge on any atom is 0.128 e. The summed E-state index contributed by atoms with van der Waals surface area (Å²) in [4.78, 5) is 4.01. The molecule has 0 aliphatic heterocycles. The van der Waals surface area contributed by atoms with Crippen LogP contribution in [0.4, 0.5) is 5.82 Å². The van der Waals surface area contributed by atoms with E-state index in [1.54, 1.807) is 6.20 Å². The number of nitrogens with two attached hydrogens (primary N) is 2. The Morgan fingerprint density at radius 3 is 2.77 bits per heavy atom. The van der Waals surface area contributed by atoms with Gasteiger partial charge in [0.25, 0.3) is 0 Å². The first-order chi connectivity index (χ1) is 6.16. The summed E-state index contributed by atoms with van der Waals surface area (Å²) >= 11 is 0. The maximum absolute atomic E-state index is 6.03. The first-order valence-corrected chi connectivity index (χ1v) is 4.62. The molecule has 2 unspecified atom stereocenters. The highest BCUT2D eigenvalue weighted by atomic mass is 14.8. The highest BCUT2D eigenvalue weighted by Gasteiger charge is 2.15. The summed E-state index contributed by atoms with van der Waals surface area (Å²) in [5.41, 5.74) is 12.7. The lowest BCUT2D eigenvalue weighted by Crippen LogP contribution is -2.20. The van der Waals surface area contributed by atoms with Crippen molar-refractivity contribution in [2.45, 2.75) is 26.3 Å². The Labute approximate surface area is 79.2 Å². The lowest BCUT2D eigenvalue weighted by Gasteiger charge is -2.19. The van der Waals surface area contributed by atoms with E-state index in [4.69, 9.17) is 11.5 Å². The zero-order chi connectivity index (χ0) is 9.84. The average Bonchev–Trinajstić information content (AvgIpc) is 2.16. The van der Waals surface area contributed by atoms with Gasteiger partial charge in [0.2, 0.25) is 0 Å². The van der Waals surface area contributed by atoms with Crippen LogP contribution < -0.4 is 11.5 Å². The topological polar surface area (TPSA) is 64.9 Å². The number of hydrogen-bond donors (Lipinski definition) is 2. The molecule has 0 saturated heterocycles. The van der Waals surface area contributed by atoms with Crippen LogP contribution in [0.1, 0.15) is 31.9 Å². The second-order valence-electron chi connectivity index (χ2n) is 3.39. The number of nitrogens with zero attached hydrogens (tertiary/aromatic N) is 1. The molecule has 0 aromatic carbocycles. The van der Waals surface area contributed by atoms with E-state index >= 15 is 0 Å². The van der Waals surface area contributed by atoms with E-state index in [-0.39, 0.29) is 6.04 Å². The lowest BCUT2D eigenvalue weighted by atomic mass is 9.94. The first kappa shape index (κ1) is 9.99. The Hall–Kier alpha value is -1.09. The van der Waals surface area contributed by atoms with Crippen LogP contribution in [0.2, 0.25) is 0 Å². The van der Waals surface area contributed by atoms with E-state index in [0.717, 1.165) is 12.0 Å². The fourth-order valence-corrected chi connectivity index (χ4v) is 1.27. The molecule has 0 spiro atoms. The highest BCUT2D eigenvalue weighted by Crippen LogP contribution is 2.24. The Morgan fingerprint density at radius 2 is 2.23 bits per heavy atom. The van der Waals surface area contributed by atoms with Gasteiger partial charge in [0.1, 0.15) is 5.82 Å². The van der Waals surface area contributed by atoms with Crippen molar-refractivity contribution >= 4 is 5.82 Å². The second-order valence-corrected chi connectivity index (χ2v) is 3.39. The molecule has 0 radical (unpaired) electrons. The van der Waals surface area contributed by atoms with E-state index < -0.39 is 0 Å². The quantitative estimate of drug-likeness (QED) is 0.742. The van der Waals surface area contributed by atoms with Crippen LogP contribution in [0.25, 0.3) is 0 Å². The lowest BCUT2D eigenvalue weighted by molar-refractivity contribution is 0.457. The van der Waals surface area contributed by atoms with E-state index in [0.29, 0.717) is 11.7 Å². The molecule has 0 bridgehead atoms. The van der Waals surface area contributed by atoms with Crippen LogP contribution in [0, 0.1) is 5.92 Å². The number of anilines is 1. The largest absolute Gasteiger partial charge is 0.383 e. The van der Waals surface area contributed by atoms with Gasteiger partial charge in [-0.1, -0.05) is 26.3 Å². The predicted octanol–water partition coefficient (Wildman–Crippen LogP) is 1.71. The number of rotatable bonds is 3. The minimum atomic E-state index is -0.00120. The third kappa shape index (κ3) is 2.18. The molecule has 0 fully saturated rings. The summed E-state index contributed by atoms with van der Waals surface area (Å²) in [5, 5.41) is 0. The van der Waals surface area contributed by atoms with Gasteiger partial charge in [-0.15, -0.1) is 0 Å². The molecule has 1 heterocycles. The highest BCUT2D eigenvalue weighted by molar-refractivity contribution is 5.40. The molecule has 0 amide bonds. The molecule has 4 N–H and O–H groups in total. The molecule has 13 heavy (non-hydrogen) atoms. The molecule has 3 heteroatoms. The zero-order valence-electron chi connectivity index (χ0n) is 8.20. The van der Waals surface area contributed by atoms with Gasteiger partial charge in [-0.25, -0.2) is 4.98 Å². The molecule has 72 valence electrons. The van der Waals surface area contributed by atoms with Crippen molar-refractivity contribution in [3.63, 3.8) is 0 Å². The number of pyridine rings is 1. The van der Waals surface area contributed by atoms with Gasteiger partial charge in [-0.05, 0) is 12.0 Å². The fourth-order valence-electron chi connectivity index (χ4n) is 1.27. The van der Waals surface area contributed by atoms with Crippen molar-refractivity contribution in [3.8, 4) is 0 Å². The van der Waals surface area contributed by atoms with Gasteiger partial charge in [-0.3, -0.25) is 0 Å². The number of hydrogen-bond acceptors (Lipinski definition) is 3. The van der Waals surface area contributed by atoms with E-state index in [1.807, 2.05) is 12.1 Å². The summed E-state index contributed by atoms with van der Waals surface area (Å²) in [6.07, 6.45) is 2.73. The van der Waals surface area contributed by atoms with Gasteiger partial charge in [-0.2, -0.15) is 0 Å². The Morgan fingerprint density at radius 1 is 1.54 bits per heavy atom. The number of aromatic nitrogens is 1. The fraction of sp³-hybridized carbons (Fsp3) is 0.500. The average molecular weight is 179 g/mol. The smallest absolute Gasteiger partial charge is 0.128 e.